The van der Waals surface area contributed by atoms with E-state index in [0.717, 1.165) is 36.5 Å². The summed E-state index contributed by atoms with van der Waals surface area (Å²) in [5, 5.41) is 3.09. The van der Waals surface area contributed by atoms with Gasteiger partial charge in [0.15, 0.2) is 0 Å². The first-order valence-electron chi connectivity index (χ1n) is 7.46. The molecule has 2 atom stereocenters. The monoisotopic (exact) mass is 312 g/mol. The molecule has 0 radical (unpaired) electrons. The molecular weight excluding hydrogens is 288 g/mol. The topological polar surface area (TPSA) is 51.7 Å². The highest BCUT2D eigenvalue weighted by Crippen LogP contribution is 2.33. The predicted octanol–water partition coefficient (Wildman–Crippen LogP) is 2.56. The maximum atomic E-state index is 12.6. The zero-order valence-corrected chi connectivity index (χ0v) is 13.8. The molecule has 0 N–H and O–H groups in total. The lowest BCUT2D eigenvalue weighted by atomic mass is 10.0. The molecule has 1 saturated heterocycles. The van der Waals surface area contributed by atoms with Gasteiger partial charge in [-0.2, -0.15) is 0 Å². The van der Waals surface area contributed by atoms with Crippen LogP contribution in [0.4, 0.5) is 0 Å². The second-order valence-electron chi connectivity index (χ2n) is 5.38. The van der Waals surface area contributed by atoms with Gasteiger partial charge in [0.25, 0.3) is 5.91 Å². The summed E-state index contributed by atoms with van der Waals surface area (Å²) < 4.78 is 10.5. The van der Waals surface area contributed by atoms with Crippen molar-refractivity contribution in [2.45, 2.75) is 45.3 Å². The molecule has 5 nitrogen and oxygen atoms in total. The number of carbonyl (C=O) groups excluding carboxylic acids is 1. The van der Waals surface area contributed by atoms with Crippen molar-refractivity contribution in [3.05, 3.63) is 16.1 Å². The van der Waals surface area contributed by atoms with Gasteiger partial charge in [-0.1, -0.05) is 0 Å². The fraction of sp³-hybridized carbons (Fsp3) is 0.733. The Balaban J connectivity index is 2.02. The molecule has 1 aromatic heterocycles. The predicted molar refractivity (Wildman–Crippen MR) is 82.4 cm³/mol. The zero-order chi connectivity index (χ0) is 15.2. The number of piperidine rings is 1. The summed E-state index contributed by atoms with van der Waals surface area (Å²) in [5.74, 6) is 0.0589. The van der Waals surface area contributed by atoms with Crippen LogP contribution >= 0.6 is 11.3 Å². The van der Waals surface area contributed by atoms with E-state index in [1.54, 1.807) is 18.4 Å². The molecule has 0 bridgehead atoms. The first-order valence-corrected chi connectivity index (χ1v) is 8.34. The molecule has 0 aromatic carbocycles. The normalized spacial score (nSPS) is 20.5. The third kappa shape index (κ3) is 4.25. The molecule has 1 aromatic rings. The second kappa shape index (κ2) is 7.87. The minimum atomic E-state index is -0.429. The van der Waals surface area contributed by atoms with Crippen molar-refractivity contribution in [1.82, 2.24) is 9.88 Å². The number of aryl methyl sites for hydroxylation is 1. The summed E-state index contributed by atoms with van der Waals surface area (Å²) in [7, 11) is 1.63. The zero-order valence-electron chi connectivity index (χ0n) is 13.0. The highest BCUT2D eigenvalue weighted by atomic mass is 32.1. The number of hydrogen-bond donors (Lipinski definition) is 0. The van der Waals surface area contributed by atoms with E-state index < -0.39 is 6.10 Å². The Labute approximate surface area is 130 Å². The fourth-order valence-corrected chi connectivity index (χ4v) is 3.53. The van der Waals surface area contributed by atoms with Gasteiger partial charge in [-0.05, 0) is 33.1 Å². The van der Waals surface area contributed by atoms with Crippen LogP contribution in [0.2, 0.25) is 0 Å². The lowest BCUT2D eigenvalue weighted by Gasteiger charge is -2.36. The number of aromatic nitrogens is 1. The lowest BCUT2D eigenvalue weighted by molar-refractivity contribution is -0.147. The third-order valence-corrected chi connectivity index (χ3v) is 4.77. The first-order chi connectivity index (χ1) is 10.1. The van der Waals surface area contributed by atoms with Crippen molar-refractivity contribution in [2.75, 3.05) is 26.9 Å². The van der Waals surface area contributed by atoms with Crippen LogP contribution in [0.3, 0.4) is 0 Å². The van der Waals surface area contributed by atoms with Gasteiger partial charge in [0.05, 0.1) is 19.3 Å². The number of methoxy groups -OCH3 is 1. The van der Waals surface area contributed by atoms with Gasteiger partial charge in [0.1, 0.15) is 11.1 Å². The Morgan fingerprint density at radius 2 is 2.33 bits per heavy atom. The molecule has 0 saturated carbocycles. The number of nitrogens with zero attached hydrogens (tertiary/aromatic N) is 2. The number of thiazole rings is 1. The van der Waals surface area contributed by atoms with E-state index in [1.807, 2.05) is 24.1 Å². The molecule has 0 unspecified atom stereocenters. The van der Waals surface area contributed by atoms with Crippen LogP contribution in [0.1, 0.15) is 42.9 Å². The van der Waals surface area contributed by atoms with E-state index in [1.165, 1.54) is 0 Å². The highest BCUT2D eigenvalue weighted by Gasteiger charge is 2.32. The van der Waals surface area contributed by atoms with Gasteiger partial charge >= 0.3 is 0 Å². The minimum Gasteiger partial charge on any atom is -0.382 e. The van der Waals surface area contributed by atoms with Gasteiger partial charge in [-0.15, -0.1) is 11.3 Å². The summed E-state index contributed by atoms with van der Waals surface area (Å²) in [6.07, 6.45) is 2.76. The summed E-state index contributed by atoms with van der Waals surface area (Å²) >= 11 is 1.64. The van der Waals surface area contributed by atoms with Gasteiger partial charge < -0.3 is 14.4 Å². The Morgan fingerprint density at radius 1 is 1.52 bits per heavy atom. The number of hydrogen-bond acceptors (Lipinski definition) is 5. The molecule has 6 heteroatoms. The van der Waals surface area contributed by atoms with Crippen molar-refractivity contribution in [3.63, 3.8) is 0 Å². The molecule has 2 heterocycles. The maximum Gasteiger partial charge on any atom is 0.252 e. The Hall–Kier alpha value is -0.980. The van der Waals surface area contributed by atoms with Crippen LogP contribution in [0.5, 0.6) is 0 Å². The Kier molecular flexibility index (Phi) is 6.14. The Morgan fingerprint density at radius 3 is 3.00 bits per heavy atom. The average molecular weight is 312 g/mol. The fourth-order valence-electron chi connectivity index (χ4n) is 2.59. The molecule has 118 valence electrons. The SMILES string of the molecule is COCCO[C@H](C)C(=O)N1CCCC[C@H]1c1nc(C)cs1. The third-order valence-electron chi connectivity index (χ3n) is 3.71. The molecule has 2 rings (SSSR count). The summed E-state index contributed by atoms with van der Waals surface area (Å²) in [6.45, 7) is 5.55. The number of carbonyl (C=O) groups is 1. The first kappa shape index (κ1) is 16.4. The second-order valence-corrected chi connectivity index (χ2v) is 6.27. The van der Waals surface area contributed by atoms with Crippen molar-refractivity contribution in [1.29, 1.82) is 0 Å². The lowest BCUT2D eigenvalue weighted by Crippen LogP contribution is -2.44. The number of rotatable bonds is 6. The van der Waals surface area contributed by atoms with Crippen molar-refractivity contribution >= 4 is 17.2 Å². The number of amides is 1. The van der Waals surface area contributed by atoms with Crippen molar-refractivity contribution in [2.24, 2.45) is 0 Å². The van der Waals surface area contributed by atoms with Crippen LogP contribution in [-0.4, -0.2) is 48.8 Å². The van der Waals surface area contributed by atoms with Crippen molar-refractivity contribution in [3.8, 4) is 0 Å². The van der Waals surface area contributed by atoms with E-state index in [9.17, 15) is 4.79 Å². The minimum absolute atomic E-state index is 0.0589. The van der Waals surface area contributed by atoms with Crippen molar-refractivity contribution < 1.29 is 14.3 Å². The number of ether oxygens (including phenoxy) is 2. The van der Waals surface area contributed by atoms with Gasteiger partial charge in [0, 0.05) is 24.7 Å². The molecule has 0 aliphatic carbocycles. The van der Waals surface area contributed by atoms with Gasteiger partial charge in [-0.3, -0.25) is 4.79 Å². The van der Waals surface area contributed by atoms with E-state index in [4.69, 9.17) is 9.47 Å². The smallest absolute Gasteiger partial charge is 0.252 e. The van der Waals surface area contributed by atoms with E-state index in [-0.39, 0.29) is 11.9 Å². The summed E-state index contributed by atoms with van der Waals surface area (Å²) in [6, 6.07) is 0.110. The summed E-state index contributed by atoms with van der Waals surface area (Å²) in [5.41, 5.74) is 1.03. The molecular formula is C15H24N2O3S. The number of likely N-dealkylation sites (tertiary alicyclic amines) is 1. The van der Waals surface area contributed by atoms with Crippen LogP contribution in [0.15, 0.2) is 5.38 Å². The van der Waals surface area contributed by atoms with E-state index in [2.05, 4.69) is 4.98 Å². The van der Waals surface area contributed by atoms with Gasteiger partial charge in [-0.25, -0.2) is 4.98 Å². The molecule has 1 aliphatic heterocycles. The molecule has 0 spiro atoms. The Bertz CT molecular complexity index is 464. The van der Waals surface area contributed by atoms with Crippen LogP contribution < -0.4 is 0 Å². The van der Waals surface area contributed by atoms with Crippen LogP contribution in [0, 0.1) is 6.92 Å². The largest absolute Gasteiger partial charge is 0.382 e. The molecule has 1 amide bonds. The van der Waals surface area contributed by atoms with Gasteiger partial charge in [0.2, 0.25) is 0 Å². The maximum absolute atomic E-state index is 12.6. The standard InChI is InChI=1S/C15H24N2O3S/c1-11-10-21-14(16-11)13-6-4-5-7-17(13)15(18)12(2)20-9-8-19-3/h10,12-13H,4-9H2,1-3H3/t12-,13+/m1/s1. The highest BCUT2D eigenvalue weighted by molar-refractivity contribution is 7.09. The average Bonchev–Trinajstić information content (AvgIpc) is 2.93. The van der Waals surface area contributed by atoms with E-state index in [0.29, 0.717) is 13.2 Å². The van der Waals surface area contributed by atoms with Crippen LogP contribution in [0.25, 0.3) is 0 Å². The summed E-state index contributed by atoms with van der Waals surface area (Å²) in [4.78, 5) is 19.1. The van der Waals surface area contributed by atoms with Crippen LogP contribution in [-0.2, 0) is 14.3 Å². The van der Waals surface area contributed by atoms with E-state index >= 15 is 0 Å². The molecule has 1 aliphatic rings. The quantitative estimate of drug-likeness (QED) is 0.758. The molecule has 1 fully saturated rings. The molecule has 21 heavy (non-hydrogen) atoms.